The van der Waals surface area contributed by atoms with Gasteiger partial charge in [0.1, 0.15) is 22.9 Å². The van der Waals surface area contributed by atoms with Crippen molar-refractivity contribution >= 4 is 23.3 Å². The quantitative estimate of drug-likeness (QED) is 0.384. The number of hydrogen-bond acceptors (Lipinski definition) is 7. The van der Waals surface area contributed by atoms with Crippen molar-refractivity contribution in [2.75, 3.05) is 5.73 Å². The number of aromatic nitrogens is 5. The number of nitrogen functional groups attached to an aromatic ring is 1. The number of carbonyl (C=O) groups excluding carboxylic acids is 1. The van der Waals surface area contributed by atoms with Crippen LogP contribution in [-0.4, -0.2) is 30.6 Å². The minimum Gasteiger partial charge on any atom is -0.434 e. The van der Waals surface area contributed by atoms with Crippen LogP contribution in [0.25, 0.3) is 17.1 Å². The molecular formula is C21H14ClF4N7O2. The maximum Gasteiger partial charge on any atom is 0.434 e. The summed E-state index contributed by atoms with van der Waals surface area (Å²) in [5.74, 6) is -3.33. The first-order chi connectivity index (χ1) is 16.5. The topological polar surface area (TPSA) is 135 Å². The van der Waals surface area contributed by atoms with Gasteiger partial charge in [-0.3, -0.25) is 4.79 Å². The fourth-order valence-electron chi connectivity index (χ4n) is 3.19. The highest BCUT2D eigenvalue weighted by Crippen LogP contribution is 2.39. The van der Waals surface area contributed by atoms with E-state index in [1.807, 2.05) is 0 Å². The van der Waals surface area contributed by atoms with Crippen LogP contribution in [0.4, 0.5) is 23.4 Å². The molecule has 3 aromatic heterocycles. The third kappa shape index (κ3) is 4.57. The molecule has 0 saturated carbocycles. The Morgan fingerprint density at radius 1 is 1.14 bits per heavy atom. The monoisotopic (exact) mass is 507 g/mol. The molecule has 1 amide bonds. The van der Waals surface area contributed by atoms with E-state index < -0.39 is 34.9 Å². The van der Waals surface area contributed by atoms with E-state index >= 15 is 0 Å². The maximum atomic E-state index is 14.9. The van der Waals surface area contributed by atoms with Gasteiger partial charge in [-0.25, -0.2) is 19.0 Å². The number of alkyl halides is 3. The van der Waals surface area contributed by atoms with Gasteiger partial charge in [0.25, 0.3) is 5.91 Å². The lowest BCUT2D eigenvalue weighted by atomic mass is 10.0. The third-order valence-electron chi connectivity index (χ3n) is 4.71. The van der Waals surface area contributed by atoms with Gasteiger partial charge in [-0.2, -0.15) is 23.3 Å². The van der Waals surface area contributed by atoms with E-state index in [-0.39, 0.29) is 33.9 Å². The van der Waals surface area contributed by atoms with E-state index in [4.69, 9.17) is 27.8 Å². The molecule has 3 heterocycles. The first-order valence-corrected chi connectivity index (χ1v) is 10.0. The van der Waals surface area contributed by atoms with Gasteiger partial charge in [-0.1, -0.05) is 11.6 Å². The van der Waals surface area contributed by atoms with Gasteiger partial charge < -0.3 is 16.2 Å². The fourth-order valence-corrected chi connectivity index (χ4v) is 3.33. The molecule has 0 aliphatic rings. The first kappa shape index (κ1) is 23.9. The summed E-state index contributed by atoms with van der Waals surface area (Å²) >= 11 is 5.94. The molecule has 0 unspecified atom stereocenters. The zero-order valence-electron chi connectivity index (χ0n) is 17.6. The number of rotatable bonds is 5. The number of amides is 1. The van der Waals surface area contributed by atoms with Gasteiger partial charge in [-0.05, 0) is 42.8 Å². The third-order valence-corrected chi connectivity index (χ3v) is 5.07. The van der Waals surface area contributed by atoms with Crippen LogP contribution in [0.3, 0.4) is 0 Å². The SMILES string of the molecule is Cc1ccnc(-n2nc(-c3ccc(Oc4ncnc(N)c4Cl)c(F)c3)c(C(N)=O)c2C(F)(F)F)c1. The van der Waals surface area contributed by atoms with E-state index in [9.17, 15) is 22.4 Å². The Morgan fingerprint density at radius 3 is 2.51 bits per heavy atom. The molecule has 0 radical (unpaired) electrons. The van der Waals surface area contributed by atoms with Crippen LogP contribution in [0.1, 0.15) is 21.6 Å². The number of carbonyl (C=O) groups is 1. The zero-order valence-corrected chi connectivity index (χ0v) is 18.4. The summed E-state index contributed by atoms with van der Waals surface area (Å²) < 4.78 is 62.7. The summed E-state index contributed by atoms with van der Waals surface area (Å²) in [5, 5.41) is 3.77. The number of primary amides is 1. The van der Waals surface area contributed by atoms with Crippen molar-refractivity contribution in [3.05, 3.63) is 70.5 Å². The van der Waals surface area contributed by atoms with Crippen LogP contribution in [0, 0.1) is 12.7 Å². The number of hydrogen-bond donors (Lipinski definition) is 2. The van der Waals surface area contributed by atoms with Crippen LogP contribution in [0.5, 0.6) is 11.6 Å². The van der Waals surface area contributed by atoms with E-state index in [2.05, 4.69) is 20.1 Å². The van der Waals surface area contributed by atoms with Crippen molar-refractivity contribution in [1.82, 2.24) is 24.7 Å². The summed E-state index contributed by atoms with van der Waals surface area (Å²) in [6, 6.07) is 6.03. The van der Waals surface area contributed by atoms with Crippen molar-refractivity contribution in [2.24, 2.45) is 5.73 Å². The Bertz CT molecular complexity index is 1460. The highest BCUT2D eigenvalue weighted by Gasteiger charge is 2.42. The van der Waals surface area contributed by atoms with Gasteiger partial charge in [0.2, 0.25) is 5.88 Å². The molecule has 1 aromatic carbocycles. The van der Waals surface area contributed by atoms with Crippen LogP contribution >= 0.6 is 11.6 Å². The molecule has 0 aliphatic carbocycles. The second kappa shape index (κ2) is 8.83. The van der Waals surface area contributed by atoms with Crippen molar-refractivity contribution in [3.63, 3.8) is 0 Å². The van der Waals surface area contributed by atoms with E-state index in [0.29, 0.717) is 10.2 Å². The summed E-state index contributed by atoms with van der Waals surface area (Å²) in [6.45, 7) is 1.64. The van der Waals surface area contributed by atoms with Gasteiger partial charge in [0.05, 0.1) is 5.56 Å². The molecule has 14 heteroatoms. The molecule has 35 heavy (non-hydrogen) atoms. The first-order valence-electron chi connectivity index (χ1n) is 9.64. The number of benzene rings is 1. The van der Waals surface area contributed by atoms with E-state index in [1.54, 1.807) is 13.0 Å². The predicted octanol–water partition coefficient (Wildman–Crippen LogP) is 4.32. The molecule has 0 aliphatic heterocycles. The Morgan fingerprint density at radius 2 is 1.89 bits per heavy atom. The van der Waals surface area contributed by atoms with Crippen LogP contribution < -0.4 is 16.2 Å². The second-order valence-corrected chi connectivity index (χ2v) is 7.54. The molecule has 9 nitrogen and oxygen atoms in total. The highest BCUT2D eigenvalue weighted by molar-refractivity contribution is 6.34. The number of halogens is 5. The lowest BCUT2D eigenvalue weighted by Gasteiger charge is -2.11. The maximum absolute atomic E-state index is 14.9. The lowest BCUT2D eigenvalue weighted by molar-refractivity contribution is -0.143. The standard InChI is InChI=1S/C21H14ClF4N7O2/c1-9-4-5-29-13(6-9)33-17(21(24,25)26)14(19(28)34)16(32-33)10-2-3-12(11(23)7-10)35-20-15(22)18(27)30-8-31-20/h2-8H,1H3,(H2,28,34)(H2,27,30,31). The largest absolute Gasteiger partial charge is 0.434 e. The van der Waals surface area contributed by atoms with Crippen molar-refractivity contribution in [1.29, 1.82) is 0 Å². The number of anilines is 1. The molecule has 4 aromatic rings. The molecule has 0 bridgehead atoms. The molecule has 180 valence electrons. The van der Waals surface area contributed by atoms with Gasteiger partial charge >= 0.3 is 6.18 Å². The highest BCUT2D eigenvalue weighted by atomic mass is 35.5. The second-order valence-electron chi connectivity index (χ2n) is 7.16. The Kier molecular flexibility index (Phi) is 6.03. The molecule has 0 atom stereocenters. The number of pyridine rings is 1. The van der Waals surface area contributed by atoms with Crippen molar-refractivity contribution < 1.29 is 27.1 Å². The number of ether oxygens (including phenoxy) is 1. The molecule has 4 N–H and O–H groups in total. The molecule has 0 fully saturated rings. The molecule has 0 saturated heterocycles. The Labute approximate surface area is 199 Å². The van der Waals surface area contributed by atoms with Crippen molar-refractivity contribution in [3.8, 4) is 28.7 Å². The van der Waals surface area contributed by atoms with Crippen molar-refractivity contribution in [2.45, 2.75) is 13.1 Å². The minimum atomic E-state index is -5.04. The summed E-state index contributed by atoms with van der Waals surface area (Å²) in [5.41, 5.74) is 8.40. The minimum absolute atomic E-state index is 0.102. The summed E-state index contributed by atoms with van der Waals surface area (Å²) in [6.07, 6.45) is -2.70. The van der Waals surface area contributed by atoms with Gasteiger partial charge in [0, 0.05) is 11.8 Å². The van der Waals surface area contributed by atoms with Gasteiger partial charge in [-0.15, -0.1) is 0 Å². The fraction of sp³-hybridized carbons (Fsp3) is 0.0952. The van der Waals surface area contributed by atoms with E-state index in [1.165, 1.54) is 18.3 Å². The molecule has 0 spiro atoms. The predicted molar refractivity (Wildman–Crippen MR) is 117 cm³/mol. The molecule has 4 rings (SSSR count). The number of nitrogens with zero attached hydrogens (tertiary/aromatic N) is 5. The lowest BCUT2D eigenvalue weighted by Crippen LogP contribution is -2.21. The van der Waals surface area contributed by atoms with Crippen LogP contribution in [0.2, 0.25) is 5.02 Å². The number of aryl methyl sites for hydroxylation is 1. The normalized spacial score (nSPS) is 11.5. The number of nitrogens with two attached hydrogens (primary N) is 2. The summed E-state index contributed by atoms with van der Waals surface area (Å²) in [7, 11) is 0. The summed E-state index contributed by atoms with van der Waals surface area (Å²) in [4.78, 5) is 23.4. The van der Waals surface area contributed by atoms with Crippen LogP contribution in [0.15, 0.2) is 42.9 Å². The van der Waals surface area contributed by atoms with Gasteiger partial charge in [0.15, 0.2) is 23.1 Å². The molecular weight excluding hydrogens is 494 g/mol. The Balaban J connectivity index is 1.86. The Hall–Kier alpha value is -4.26. The zero-order chi connectivity index (χ0) is 25.5. The van der Waals surface area contributed by atoms with E-state index in [0.717, 1.165) is 18.5 Å². The van der Waals surface area contributed by atoms with Crippen LogP contribution in [-0.2, 0) is 6.18 Å². The smallest absolute Gasteiger partial charge is 0.434 e. The average molecular weight is 508 g/mol. The average Bonchev–Trinajstić information content (AvgIpc) is 3.20.